The van der Waals surface area contributed by atoms with Crippen molar-refractivity contribution < 1.29 is 70.2 Å². The summed E-state index contributed by atoms with van der Waals surface area (Å²) in [6, 6.07) is 0. The zero-order valence-electron chi connectivity index (χ0n) is 27.7. The molecule has 20 nitrogen and oxygen atoms in total. The first kappa shape index (κ1) is 46.2. The lowest BCUT2D eigenvalue weighted by Gasteiger charge is -2.21. The Hall–Kier alpha value is -0.930. The molecule has 1 aromatic rings. The van der Waals surface area contributed by atoms with Crippen LogP contribution in [0.3, 0.4) is 0 Å². The van der Waals surface area contributed by atoms with Crippen LogP contribution in [0, 0.1) is 11.8 Å². The maximum atomic E-state index is 12.7. The molecule has 1 amide bonds. The Kier molecular flexibility index (Phi) is 19.2. The number of nitrogens with one attached hydrogen (secondary N) is 2. The normalized spacial score (nSPS) is 20.8. The molecule has 0 aliphatic carbocycles. The summed E-state index contributed by atoms with van der Waals surface area (Å²) in [6.07, 6.45) is -2.56. The number of aromatic amines is 1. The Labute approximate surface area is 307 Å². The molecule has 1 aliphatic heterocycles. The summed E-state index contributed by atoms with van der Waals surface area (Å²) >= 11 is 5.27. The van der Waals surface area contributed by atoms with E-state index in [1.807, 2.05) is 6.92 Å². The predicted octanol–water partition coefficient (Wildman–Crippen LogP) is 2.23. The Morgan fingerprint density at radius 2 is 1.88 bits per heavy atom. The second kappa shape index (κ2) is 21.2. The molecule has 0 saturated carbocycles. The van der Waals surface area contributed by atoms with Crippen molar-refractivity contribution in [1.82, 2.24) is 14.9 Å². The molecule has 1 saturated heterocycles. The molecule has 2 rings (SSSR count). The van der Waals surface area contributed by atoms with Crippen LogP contribution in [-0.4, -0.2) is 96.2 Å². The molecule has 0 spiro atoms. The number of ether oxygens (including phenoxy) is 4. The number of phosphoric acid groups is 3. The Morgan fingerprint density at radius 3 is 2.53 bits per heavy atom. The van der Waals surface area contributed by atoms with Crippen LogP contribution in [0.15, 0.2) is 15.8 Å². The summed E-state index contributed by atoms with van der Waals surface area (Å²) < 4.78 is 70.2. The van der Waals surface area contributed by atoms with Gasteiger partial charge < -0.3 is 43.8 Å². The molecular weight excluding hydrogens is 823 g/mol. The van der Waals surface area contributed by atoms with Gasteiger partial charge in [-0.1, -0.05) is 70.6 Å². The number of nitrogens with zero attached hydrogens (tertiary/aromatic N) is 1. The summed E-state index contributed by atoms with van der Waals surface area (Å²) in [7, 11) is -14.2. The number of phosphoric ester groups is 1. The minimum absolute atomic E-state index is 0.0504. The van der Waals surface area contributed by atoms with Gasteiger partial charge in [-0.2, -0.15) is 8.62 Å². The van der Waals surface area contributed by atoms with Gasteiger partial charge in [-0.3, -0.25) is 18.9 Å². The van der Waals surface area contributed by atoms with Crippen molar-refractivity contribution in [2.75, 3.05) is 44.0 Å². The molecule has 0 aromatic carbocycles. The number of amides is 1. The van der Waals surface area contributed by atoms with Crippen LogP contribution in [0.2, 0.25) is 0 Å². The number of carbonyl (C=O) groups excluding carboxylic acids is 1. The number of alkyl carbamates (subject to hydrolysis) is 1. The zero-order valence-corrected chi connectivity index (χ0v) is 33.6. The topological polar surface area (TPSA) is 281 Å². The van der Waals surface area contributed by atoms with Crippen molar-refractivity contribution in [2.24, 2.45) is 0 Å². The Morgan fingerprint density at radius 1 is 1.18 bits per heavy atom. The van der Waals surface area contributed by atoms with Crippen molar-refractivity contribution >= 4 is 71.8 Å². The highest BCUT2D eigenvalue weighted by atomic mass is 33.1. The third kappa shape index (κ3) is 19.3. The molecular formula is C24H40N3O17P3S4. The van der Waals surface area contributed by atoms with E-state index in [1.54, 1.807) is 21.6 Å². The smallest absolute Gasteiger partial charge is 0.449 e. The molecule has 6 atom stereocenters. The van der Waals surface area contributed by atoms with Crippen molar-refractivity contribution in [3.05, 3.63) is 32.6 Å². The van der Waals surface area contributed by atoms with Crippen LogP contribution >= 0.6 is 45.1 Å². The molecule has 1 aliphatic rings. The summed E-state index contributed by atoms with van der Waals surface area (Å²) in [4.78, 5) is 75.9. The van der Waals surface area contributed by atoms with Crippen LogP contribution in [0.1, 0.15) is 52.3 Å². The van der Waals surface area contributed by atoms with Gasteiger partial charge in [0.05, 0.1) is 38.4 Å². The van der Waals surface area contributed by atoms with Gasteiger partial charge in [0.1, 0.15) is 23.8 Å². The van der Waals surface area contributed by atoms with Crippen molar-refractivity contribution in [1.29, 1.82) is 0 Å². The summed E-state index contributed by atoms with van der Waals surface area (Å²) in [5.41, 5.74) is -1.92. The fraction of sp³-hybridized carbons (Fsp3) is 0.708. The number of carbonyl (C=O) groups is 1. The first-order valence-corrected chi connectivity index (χ1v) is 24.0. The zero-order chi connectivity index (χ0) is 38.5. The van der Waals surface area contributed by atoms with E-state index in [0.29, 0.717) is 24.7 Å². The quantitative estimate of drug-likeness (QED) is 0.0360. The molecule has 2 heterocycles. The van der Waals surface area contributed by atoms with Gasteiger partial charge in [0.2, 0.25) is 0 Å². The standard InChI is InChI=1S/C24H40N3O17P3S4/c1-5-51(48)16-40-18-12-20(42-19(18)14-41-46(34,35)44-47(36,37)43-45(31,32)33)27-13-17(21(28)26-22(27)29)8-6-9-25-23(30)39-11-7-10-38-15-49-50-24(2,3)4/h13,18-20H,5,7,9-12,14-16H2,1-4H3,(H,25,30)(H,34,35)(H,36,37)(H,26,28,29)(H2,31,32,33)/t18-,19-,20-,51?/m1/s1. The molecule has 0 radical (unpaired) electrons. The average Bonchev–Trinajstić information content (AvgIpc) is 3.39. The molecule has 51 heavy (non-hydrogen) atoms. The highest BCUT2D eigenvalue weighted by Crippen LogP contribution is 2.66. The first-order valence-electron chi connectivity index (χ1n) is 14.6. The van der Waals surface area contributed by atoms with Crippen molar-refractivity contribution in [3.63, 3.8) is 0 Å². The van der Waals surface area contributed by atoms with Gasteiger partial charge in [0.15, 0.2) is 0 Å². The van der Waals surface area contributed by atoms with E-state index in [0.717, 1.165) is 10.8 Å². The van der Waals surface area contributed by atoms with Gasteiger partial charge >= 0.3 is 35.3 Å². The van der Waals surface area contributed by atoms with Crippen molar-refractivity contribution in [3.8, 4) is 11.8 Å². The minimum atomic E-state index is -5.77. The maximum Gasteiger partial charge on any atom is 0.490 e. The van der Waals surface area contributed by atoms with Crippen LogP contribution < -0.4 is 16.6 Å². The fourth-order valence-electron chi connectivity index (χ4n) is 3.63. The molecule has 6 N–H and O–H groups in total. The van der Waals surface area contributed by atoms with Crippen molar-refractivity contribution in [2.45, 2.75) is 63.7 Å². The van der Waals surface area contributed by atoms with Crippen LogP contribution in [0.4, 0.5) is 4.79 Å². The summed E-state index contributed by atoms with van der Waals surface area (Å²) in [5, 5.41) is 2.41. The second-order valence-corrected chi connectivity index (χ2v) is 21.6. The summed E-state index contributed by atoms with van der Waals surface area (Å²) in [5.74, 6) is 6.25. The number of rotatable bonds is 20. The summed E-state index contributed by atoms with van der Waals surface area (Å²) in [6.45, 7) is 7.59. The minimum Gasteiger partial charge on any atom is -0.449 e. The molecule has 3 unspecified atom stereocenters. The fourth-order valence-corrected chi connectivity index (χ4v) is 9.32. The molecule has 27 heteroatoms. The van der Waals surface area contributed by atoms with E-state index in [-0.39, 0.29) is 35.8 Å². The second-order valence-electron chi connectivity index (χ2n) is 11.0. The van der Waals surface area contributed by atoms with E-state index in [2.05, 4.69) is 51.5 Å². The van der Waals surface area contributed by atoms with E-state index in [4.69, 9.17) is 44.4 Å². The van der Waals surface area contributed by atoms with E-state index < -0.39 is 75.3 Å². The predicted molar refractivity (Wildman–Crippen MR) is 191 cm³/mol. The number of aromatic nitrogens is 2. The van der Waals surface area contributed by atoms with Gasteiger partial charge in [0.25, 0.3) is 5.56 Å². The Bertz CT molecular complexity index is 1670. The third-order valence-electron chi connectivity index (χ3n) is 5.66. The van der Waals surface area contributed by atoms with E-state index in [9.17, 15) is 37.9 Å². The van der Waals surface area contributed by atoms with Gasteiger partial charge in [0, 0.05) is 23.8 Å². The number of hydrogen-bond acceptors (Lipinski definition) is 16. The van der Waals surface area contributed by atoms with E-state index in [1.165, 1.54) is 0 Å². The van der Waals surface area contributed by atoms with Crippen LogP contribution in [-0.2, 0) is 66.4 Å². The SMILES string of the molecule is CCS(=S)CO[C@@H]1C[C@H](n2cc(C#CCNC(=O)OCCCOCSSC(C)(C)C)c(=O)[nH]c2=O)O[C@@H]1COP(=O)(O)OP(=O)(O)OP(=O)(O)O. The van der Waals surface area contributed by atoms with Crippen LogP contribution in [0.5, 0.6) is 0 Å². The van der Waals surface area contributed by atoms with E-state index >= 15 is 0 Å². The Balaban J connectivity index is 2.02. The molecule has 0 bridgehead atoms. The molecule has 1 aromatic heterocycles. The van der Waals surface area contributed by atoms with Gasteiger partial charge in [-0.05, 0) is 16.9 Å². The lowest BCUT2D eigenvalue weighted by Crippen LogP contribution is -2.34. The van der Waals surface area contributed by atoms with Crippen LogP contribution in [0.25, 0.3) is 0 Å². The average molecular weight is 864 g/mol. The third-order valence-corrected chi connectivity index (χ3v) is 14.5. The van der Waals surface area contributed by atoms with Gasteiger partial charge in [-0.25, -0.2) is 23.3 Å². The first-order chi connectivity index (χ1) is 23.6. The number of hydrogen-bond donors (Lipinski definition) is 6. The number of H-pyrrole nitrogens is 1. The maximum absolute atomic E-state index is 12.7. The lowest BCUT2D eigenvalue weighted by molar-refractivity contribution is -0.0545. The molecule has 292 valence electrons. The highest BCUT2D eigenvalue weighted by molar-refractivity contribution is 8.77. The van der Waals surface area contributed by atoms with Gasteiger partial charge in [-0.15, -0.1) is 0 Å². The molecule has 1 fully saturated rings. The largest absolute Gasteiger partial charge is 0.490 e. The highest BCUT2D eigenvalue weighted by Gasteiger charge is 2.43. The lowest BCUT2D eigenvalue weighted by atomic mass is 10.2. The monoisotopic (exact) mass is 863 g/mol.